The van der Waals surface area contributed by atoms with Gasteiger partial charge in [-0.05, 0) is 0 Å². The molecule has 1 heterocycles. The number of rotatable bonds is 2. The highest BCUT2D eigenvalue weighted by molar-refractivity contribution is 7.73. The average Bonchev–Trinajstić information content (AvgIpc) is 2.54. The molecule has 0 aliphatic carbocycles. The van der Waals surface area contributed by atoms with E-state index in [0.717, 1.165) is 12.4 Å². The van der Waals surface area contributed by atoms with Crippen molar-refractivity contribution in [1.29, 1.82) is 0 Å². The molecule has 0 amide bonds. The summed E-state index contributed by atoms with van der Waals surface area (Å²) in [5.74, 6) is 0. The summed E-state index contributed by atoms with van der Waals surface area (Å²) in [6.07, 6.45) is -1.27. The first-order chi connectivity index (χ1) is 6.78. The molecular weight excluding hydrogens is 244 g/mol. The highest BCUT2D eigenvalue weighted by atomic mass is 32.2. The third-order valence-corrected chi connectivity index (χ3v) is 1.11. The Labute approximate surface area is 83.8 Å². The largest absolute Gasteiger partial charge is 0.750 e. The van der Waals surface area contributed by atoms with Gasteiger partial charge in [-0.2, -0.15) is 8.78 Å². The minimum Gasteiger partial charge on any atom is -0.750 e. The molecular formula is C5H5F4N2O3S-. The molecule has 1 rings (SSSR count). The summed E-state index contributed by atoms with van der Waals surface area (Å²) >= 11 is -2.86. The fourth-order valence-corrected chi connectivity index (χ4v) is 0.548. The summed E-state index contributed by atoms with van der Waals surface area (Å²) in [5, 5.41) is 0. The number of imidazole rings is 1. The van der Waals surface area contributed by atoms with Crippen LogP contribution in [0.5, 0.6) is 0 Å². The molecule has 0 aliphatic heterocycles. The van der Waals surface area contributed by atoms with Crippen LogP contribution in [0.25, 0.3) is 0 Å². The molecule has 0 saturated heterocycles. The predicted octanol–water partition coefficient (Wildman–Crippen LogP) is 1.04. The van der Waals surface area contributed by atoms with Crippen molar-refractivity contribution >= 4 is 11.4 Å². The van der Waals surface area contributed by atoms with Gasteiger partial charge < -0.3 is 9.11 Å². The van der Waals surface area contributed by atoms with Crippen LogP contribution in [0.4, 0.5) is 17.6 Å². The van der Waals surface area contributed by atoms with Gasteiger partial charge in [0.05, 0.1) is 17.7 Å². The molecule has 1 N–H and O–H groups in total. The number of hydrogen-bond donors (Lipinski definition) is 1. The highest BCUT2D eigenvalue weighted by Crippen LogP contribution is 2.27. The maximum Gasteiger partial charge on any atom is 0.390 e. The zero-order chi connectivity index (χ0) is 12.1. The Hall–Kier alpha value is -1.00. The van der Waals surface area contributed by atoms with E-state index in [9.17, 15) is 17.6 Å². The molecule has 0 spiro atoms. The van der Waals surface area contributed by atoms with E-state index >= 15 is 0 Å². The van der Waals surface area contributed by atoms with Crippen LogP contribution < -0.4 is 0 Å². The van der Waals surface area contributed by atoms with Crippen LogP contribution in [0.1, 0.15) is 0 Å². The second-order valence-corrected chi connectivity index (χ2v) is 2.51. The lowest BCUT2D eigenvalue weighted by Crippen LogP contribution is -2.30. The average molecular weight is 249 g/mol. The van der Waals surface area contributed by atoms with E-state index in [4.69, 9.17) is 13.3 Å². The van der Waals surface area contributed by atoms with E-state index in [2.05, 4.69) is 4.98 Å². The van der Waals surface area contributed by atoms with Gasteiger partial charge in [0, 0.05) is 12.4 Å². The molecule has 0 radical (unpaired) electrons. The number of alkyl halides is 4. The number of hydrogen-bond acceptors (Lipinski definition) is 3. The Bertz CT molecular complexity index is 301. The molecule has 1 aromatic heterocycles. The summed E-state index contributed by atoms with van der Waals surface area (Å²) in [5.41, 5.74) is 0. The van der Waals surface area contributed by atoms with Gasteiger partial charge in [-0.1, -0.05) is 0 Å². The lowest BCUT2D eigenvalue weighted by molar-refractivity contribution is -0.189. The zero-order valence-corrected chi connectivity index (χ0v) is 7.70. The van der Waals surface area contributed by atoms with Crippen molar-refractivity contribution in [2.75, 3.05) is 0 Å². The van der Waals surface area contributed by atoms with Gasteiger partial charge in [0.2, 0.25) is 0 Å². The second-order valence-electron chi connectivity index (χ2n) is 2.08. The van der Waals surface area contributed by atoms with E-state index in [1.165, 1.54) is 0 Å². The molecule has 1 aromatic rings. The lowest BCUT2D eigenvalue weighted by atomic mass is 10.5. The van der Waals surface area contributed by atoms with Crippen molar-refractivity contribution in [2.45, 2.75) is 12.5 Å². The highest BCUT2D eigenvalue weighted by Gasteiger charge is 2.42. The van der Waals surface area contributed by atoms with Crippen molar-refractivity contribution < 1.29 is 30.9 Å². The maximum atomic E-state index is 12.3. The number of nitrogens with zero attached hydrogens (tertiary/aromatic N) is 2. The quantitative estimate of drug-likeness (QED) is 0.627. The third-order valence-electron chi connectivity index (χ3n) is 1.11. The van der Waals surface area contributed by atoms with Crippen LogP contribution in [0.15, 0.2) is 18.7 Å². The zero-order valence-electron chi connectivity index (χ0n) is 6.89. The Morgan fingerprint density at radius 1 is 1.53 bits per heavy atom. The van der Waals surface area contributed by atoms with Crippen LogP contribution in [-0.4, -0.2) is 29.3 Å². The molecule has 0 fully saturated rings. The summed E-state index contributed by atoms with van der Waals surface area (Å²) in [4.78, 5) is 3.22. The van der Waals surface area contributed by atoms with Crippen LogP contribution in [0.3, 0.4) is 0 Å². The summed E-state index contributed by atoms with van der Waals surface area (Å²) in [6, 6.07) is -4.16. The standard InChI is InChI=1S/C5H4F4N2.H2O3S/c6-4(7)5(8,9)11-2-1-10-3-11;1-4(2)3/h1-4H;(H2,1,2,3)/p-1. The lowest BCUT2D eigenvalue weighted by Gasteiger charge is -2.15. The molecule has 88 valence electrons. The van der Waals surface area contributed by atoms with Gasteiger partial charge in [-0.25, -0.2) is 18.0 Å². The fourth-order valence-electron chi connectivity index (χ4n) is 0.548. The third kappa shape index (κ3) is 4.85. The van der Waals surface area contributed by atoms with Crippen molar-refractivity contribution in [3.8, 4) is 0 Å². The van der Waals surface area contributed by atoms with Gasteiger partial charge in [0.25, 0.3) is 0 Å². The van der Waals surface area contributed by atoms with Gasteiger partial charge in [-0.15, -0.1) is 0 Å². The van der Waals surface area contributed by atoms with E-state index in [1.54, 1.807) is 0 Å². The van der Waals surface area contributed by atoms with E-state index in [1.807, 2.05) is 0 Å². The normalized spacial score (nSPS) is 13.3. The molecule has 15 heavy (non-hydrogen) atoms. The molecule has 5 nitrogen and oxygen atoms in total. The topological polar surface area (TPSA) is 78.2 Å². The Kier molecular flexibility index (Phi) is 5.39. The van der Waals surface area contributed by atoms with Crippen LogP contribution in [-0.2, 0) is 17.4 Å². The Balaban J connectivity index is 0.000000423. The molecule has 1 atom stereocenters. The molecule has 0 bridgehead atoms. The monoisotopic (exact) mass is 249 g/mol. The molecule has 0 aromatic carbocycles. The van der Waals surface area contributed by atoms with Crippen molar-refractivity contribution in [1.82, 2.24) is 9.55 Å². The molecule has 0 aliphatic rings. The summed E-state index contributed by atoms with van der Waals surface area (Å²) in [6.45, 7) is 0. The van der Waals surface area contributed by atoms with Crippen molar-refractivity contribution in [2.24, 2.45) is 0 Å². The van der Waals surface area contributed by atoms with Crippen molar-refractivity contribution in [3.63, 3.8) is 0 Å². The first kappa shape index (κ1) is 14.0. The molecule has 0 saturated carbocycles. The van der Waals surface area contributed by atoms with Gasteiger partial charge in [0.1, 0.15) is 0 Å². The summed E-state index contributed by atoms with van der Waals surface area (Å²) in [7, 11) is 0. The van der Waals surface area contributed by atoms with Crippen LogP contribution in [0.2, 0.25) is 0 Å². The SMILES string of the molecule is FC(F)C(F)(F)n1ccnc1.O=S([O-])O. The molecule has 10 heteroatoms. The van der Waals surface area contributed by atoms with E-state index in [0.29, 0.717) is 6.33 Å². The van der Waals surface area contributed by atoms with Gasteiger partial charge >= 0.3 is 12.5 Å². The van der Waals surface area contributed by atoms with E-state index < -0.39 is 23.8 Å². The van der Waals surface area contributed by atoms with E-state index in [-0.39, 0.29) is 4.57 Å². The second kappa shape index (κ2) is 5.78. The maximum absolute atomic E-state index is 12.3. The minimum absolute atomic E-state index is 0.0671. The first-order valence-corrected chi connectivity index (χ1v) is 4.24. The molecule has 1 unspecified atom stereocenters. The number of aromatic nitrogens is 2. The van der Waals surface area contributed by atoms with Crippen molar-refractivity contribution in [3.05, 3.63) is 18.7 Å². The minimum atomic E-state index is -4.16. The fraction of sp³-hybridized carbons (Fsp3) is 0.400. The van der Waals surface area contributed by atoms with Gasteiger partial charge in [0.15, 0.2) is 0 Å². The van der Waals surface area contributed by atoms with Gasteiger partial charge in [-0.3, -0.25) is 4.57 Å². The number of halogens is 4. The smallest absolute Gasteiger partial charge is 0.390 e. The Morgan fingerprint density at radius 2 is 2.00 bits per heavy atom. The first-order valence-electron chi connectivity index (χ1n) is 3.21. The van der Waals surface area contributed by atoms with Crippen LogP contribution in [0, 0.1) is 0 Å². The predicted molar refractivity (Wildman–Crippen MR) is 40.0 cm³/mol. The summed E-state index contributed by atoms with van der Waals surface area (Å²) < 4.78 is 71.9. The Morgan fingerprint density at radius 3 is 2.27 bits per heavy atom. The van der Waals surface area contributed by atoms with Crippen LogP contribution >= 0.6 is 0 Å².